The second kappa shape index (κ2) is 4.82. The van der Waals surface area contributed by atoms with Crippen LogP contribution in [0.15, 0.2) is 0 Å². The Morgan fingerprint density at radius 1 is 1.12 bits per heavy atom. The highest BCUT2D eigenvalue weighted by Crippen LogP contribution is 2.37. The summed E-state index contributed by atoms with van der Waals surface area (Å²) in [6.45, 7) is 0.583. The van der Waals surface area contributed by atoms with Crippen LogP contribution in [-0.4, -0.2) is 35.5 Å². The number of sulfonamides is 1. The fourth-order valence-electron chi connectivity index (χ4n) is 3.05. The van der Waals surface area contributed by atoms with Crippen LogP contribution < -0.4 is 5.73 Å². The molecular formula is C11H20N2O2S2. The van der Waals surface area contributed by atoms with Crippen LogP contribution in [-0.2, 0) is 10.0 Å². The maximum atomic E-state index is 12.1. The van der Waals surface area contributed by atoms with E-state index in [0.29, 0.717) is 18.0 Å². The third-order valence-electron chi connectivity index (χ3n) is 3.97. The van der Waals surface area contributed by atoms with Gasteiger partial charge in [0, 0.05) is 6.54 Å². The van der Waals surface area contributed by atoms with Crippen LogP contribution in [0.4, 0.5) is 0 Å². The number of nitrogens with zero attached hydrogens (tertiary/aromatic N) is 1. The number of hydrogen-bond acceptors (Lipinski definition) is 3. The van der Waals surface area contributed by atoms with Crippen molar-refractivity contribution in [2.75, 3.05) is 12.3 Å². The monoisotopic (exact) mass is 276 g/mol. The lowest BCUT2D eigenvalue weighted by Gasteiger charge is -2.39. The largest absolute Gasteiger partial charge is 0.392 e. The van der Waals surface area contributed by atoms with Gasteiger partial charge in [-0.05, 0) is 19.3 Å². The number of hydrogen-bond donors (Lipinski definition) is 1. The summed E-state index contributed by atoms with van der Waals surface area (Å²) in [5, 5.41) is 0. The van der Waals surface area contributed by atoms with Gasteiger partial charge in [0.1, 0.15) is 0 Å². The highest BCUT2D eigenvalue weighted by atomic mass is 32.2. The van der Waals surface area contributed by atoms with E-state index < -0.39 is 15.6 Å². The predicted molar refractivity (Wildman–Crippen MR) is 72.3 cm³/mol. The van der Waals surface area contributed by atoms with Gasteiger partial charge < -0.3 is 5.73 Å². The van der Waals surface area contributed by atoms with Crippen LogP contribution in [0.3, 0.4) is 0 Å². The standard InChI is InChI=1S/C11H20N2O2S2/c12-10(16)11(6-3-1-2-4-7-11)13-8-5-9-17(13,14)15/h1-9H2,(H2,12,16). The molecule has 0 radical (unpaired) electrons. The molecule has 1 aliphatic carbocycles. The van der Waals surface area contributed by atoms with Crippen molar-refractivity contribution >= 4 is 27.2 Å². The fraction of sp³-hybridized carbons (Fsp3) is 0.909. The molecule has 2 fully saturated rings. The topological polar surface area (TPSA) is 63.4 Å². The zero-order valence-corrected chi connectivity index (χ0v) is 11.7. The van der Waals surface area contributed by atoms with E-state index >= 15 is 0 Å². The molecule has 0 bridgehead atoms. The lowest BCUT2D eigenvalue weighted by atomic mass is 9.90. The second-order valence-electron chi connectivity index (χ2n) is 5.05. The van der Waals surface area contributed by atoms with E-state index in [4.69, 9.17) is 18.0 Å². The summed E-state index contributed by atoms with van der Waals surface area (Å²) in [5.74, 6) is 0.247. The Bertz CT molecular complexity index is 398. The van der Waals surface area contributed by atoms with Crippen LogP contribution >= 0.6 is 12.2 Å². The van der Waals surface area contributed by atoms with E-state index in [-0.39, 0.29) is 5.75 Å². The summed E-state index contributed by atoms with van der Waals surface area (Å²) >= 11 is 5.20. The fourth-order valence-corrected chi connectivity index (χ4v) is 5.36. The van der Waals surface area contributed by atoms with Gasteiger partial charge in [-0.15, -0.1) is 0 Å². The van der Waals surface area contributed by atoms with Crippen molar-refractivity contribution in [3.8, 4) is 0 Å². The zero-order valence-electron chi connectivity index (χ0n) is 10.0. The van der Waals surface area contributed by atoms with Gasteiger partial charge in [0.25, 0.3) is 0 Å². The van der Waals surface area contributed by atoms with Crippen molar-refractivity contribution in [2.24, 2.45) is 5.73 Å². The molecule has 4 nitrogen and oxygen atoms in total. The van der Waals surface area contributed by atoms with Crippen molar-refractivity contribution in [1.82, 2.24) is 4.31 Å². The Kier molecular flexibility index (Phi) is 3.75. The third-order valence-corrected chi connectivity index (χ3v) is 6.35. The quantitative estimate of drug-likeness (QED) is 0.612. The molecule has 17 heavy (non-hydrogen) atoms. The number of nitrogens with two attached hydrogens (primary N) is 1. The molecule has 2 N–H and O–H groups in total. The Hall–Kier alpha value is -0.200. The molecule has 6 heteroatoms. The van der Waals surface area contributed by atoms with Gasteiger partial charge in [-0.3, -0.25) is 0 Å². The van der Waals surface area contributed by atoms with Crippen LogP contribution in [0.1, 0.15) is 44.9 Å². The van der Waals surface area contributed by atoms with Gasteiger partial charge in [-0.25, -0.2) is 8.42 Å². The first-order chi connectivity index (χ1) is 7.99. The molecule has 0 atom stereocenters. The van der Waals surface area contributed by atoms with Crippen molar-refractivity contribution in [1.29, 1.82) is 0 Å². The summed E-state index contributed by atoms with van der Waals surface area (Å²) in [5.41, 5.74) is 5.33. The smallest absolute Gasteiger partial charge is 0.215 e. The van der Waals surface area contributed by atoms with E-state index in [1.807, 2.05) is 0 Å². The Balaban J connectivity index is 2.36. The summed E-state index contributed by atoms with van der Waals surface area (Å²) in [6.07, 6.45) is 6.62. The molecule has 1 heterocycles. The average Bonchev–Trinajstić information content (AvgIpc) is 2.52. The van der Waals surface area contributed by atoms with E-state index in [2.05, 4.69) is 0 Å². The Morgan fingerprint density at radius 3 is 2.12 bits per heavy atom. The molecule has 2 aliphatic rings. The van der Waals surface area contributed by atoms with Crippen LogP contribution in [0.5, 0.6) is 0 Å². The number of thiocarbonyl (C=S) groups is 1. The summed E-state index contributed by atoms with van der Waals surface area (Å²) in [4.78, 5) is 0.366. The first-order valence-electron chi connectivity index (χ1n) is 6.29. The summed E-state index contributed by atoms with van der Waals surface area (Å²) in [6, 6.07) is 0. The molecule has 1 saturated heterocycles. The Morgan fingerprint density at radius 2 is 1.71 bits per heavy atom. The molecule has 0 unspecified atom stereocenters. The predicted octanol–water partition coefficient (Wildman–Crippen LogP) is 1.40. The highest BCUT2D eigenvalue weighted by molar-refractivity contribution is 7.89. The molecule has 0 aromatic rings. The van der Waals surface area contributed by atoms with E-state index in [9.17, 15) is 8.42 Å². The summed E-state index contributed by atoms with van der Waals surface area (Å²) < 4.78 is 25.8. The average molecular weight is 276 g/mol. The van der Waals surface area contributed by atoms with E-state index in [1.54, 1.807) is 4.31 Å². The molecule has 0 amide bonds. The van der Waals surface area contributed by atoms with Crippen molar-refractivity contribution in [2.45, 2.75) is 50.5 Å². The van der Waals surface area contributed by atoms with Crippen molar-refractivity contribution in [3.05, 3.63) is 0 Å². The molecular weight excluding hydrogens is 256 g/mol. The maximum Gasteiger partial charge on any atom is 0.215 e. The first kappa shape index (κ1) is 13.2. The van der Waals surface area contributed by atoms with Crippen LogP contribution in [0, 0.1) is 0 Å². The Labute approximate surface area is 109 Å². The maximum absolute atomic E-state index is 12.1. The van der Waals surface area contributed by atoms with E-state index in [1.165, 1.54) is 0 Å². The van der Waals surface area contributed by atoms with Crippen molar-refractivity contribution < 1.29 is 8.42 Å². The van der Waals surface area contributed by atoms with Crippen molar-refractivity contribution in [3.63, 3.8) is 0 Å². The zero-order chi connectivity index (χ0) is 12.5. The molecule has 0 aromatic carbocycles. The minimum atomic E-state index is -3.14. The number of rotatable bonds is 2. The first-order valence-corrected chi connectivity index (χ1v) is 8.31. The van der Waals surface area contributed by atoms with Gasteiger partial charge in [0.15, 0.2) is 0 Å². The molecule has 98 valence electrons. The molecule has 1 aliphatic heterocycles. The third kappa shape index (κ3) is 2.35. The van der Waals surface area contributed by atoms with Gasteiger partial charge in [-0.2, -0.15) is 4.31 Å². The minimum Gasteiger partial charge on any atom is -0.392 e. The lowest BCUT2D eigenvalue weighted by molar-refractivity contribution is 0.250. The van der Waals surface area contributed by atoms with Gasteiger partial charge in [0.05, 0.1) is 16.3 Å². The normalized spacial score (nSPS) is 28.7. The van der Waals surface area contributed by atoms with Gasteiger partial charge in [-0.1, -0.05) is 37.9 Å². The summed E-state index contributed by atoms with van der Waals surface area (Å²) in [7, 11) is -3.14. The van der Waals surface area contributed by atoms with Gasteiger partial charge >= 0.3 is 0 Å². The highest BCUT2D eigenvalue weighted by Gasteiger charge is 2.47. The lowest BCUT2D eigenvalue weighted by Crippen LogP contribution is -2.57. The van der Waals surface area contributed by atoms with Crippen LogP contribution in [0.2, 0.25) is 0 Å². The van der Waals surface area contributed by atoms with Gasteiger partial charge in [0.2, 0.25) is 10.0 Å². The van der Waals surface area contributed by atoms with E-state index in [0.717, 1.165) is 38.5 Å². The SMILES string of the molecule is NC(=S)C1(N2CCCS2(=O)=O)CCCCCC1. The molecule has 2 rings (SSSR count). The van der Waals surface area contributed by atoms with Crippen LogP contribution in [0.25, 0.3) is 0 Å². The second-order valence-corrected chi connectivity index (χ2v) is 7.50. The molecule has 0 aromatic heterocycles. The molecule has 0 spiro atoms. The molecule has 1 saturated carbocycles. The minimum absolute atomic E-state index is 0.247.